The van der Waals surface area contributed by atoms with Crippen molar-refractivity contribution < 1.29 is 9.59 Å². The highest BCUT2D eigenvalue weighted by molar-refractivity contribution is 5.92. The quantitative estimate of drug-likeness (QED) is 0.716. The summed E-state index contributed by atoms with van der Waals surface area (Å²) in [6.07, 6.45) is 0. The Morgan fingerprint density at radius 1 is 1.19 bits per heavy atom. The van der Waals surface area contributed by atoms with E-state index in [4.69, 9.17) is 0 Å². The van der Waals surface area contributed by atoms with Crippen molar-refractivity contribution in [2.45, 2.75) is 33.7 Å². The van der Waals surface area contributed by atoms with E-state index in [1.165, 1.54) is 0 Å². The molecule has 0 aliphatic carbocycles. The summed E-state index contributed by atoms with van der Waals surface area (Å²) in [5, 5.41) is 8.54. The summed E-state index contributed by atoms with van der Waals surface area (Å²) in [6, 6.07) is 7.20. The van der Waals surface area contributed by atoms with Crippen molar-refractivity contribution in [1.82, 2.24) is 10.6 Å². The average Bonchev–Trinajstić information content (AvgIpc) is 2.42. The smallest absolute Gasteiger partial charge is 0.238 e. The molecule has 0 heterocycles. The maximum absolute atomic E-state index is 11.8. The highest BCUT2D eigenvalue weighted by atomic mass is 16.2. The molecule has 1 unspecified atom stereocenters. The van der Waals surface area contributed by atoms with Crippen LogP contribution in [0.1, 0.15) is 26.3 Å². The van der Waals surface area contributed by atoms with Crippen molar-refractivity contribution in [2.24, 2.45) is 5.92 Å². The van der Waals surface area contributed by atoms with Gasteiger partial charge in [0.25, 0.3) is 0 Å². The van der Waals surface area contributed by atoms with Crippen LogP contribution < -0.4 is 16.0 Å². The van der Waals surface area contributed by atoms with Crippen LogP contribution in [0.3, 0.4) is 0 Å². The third-order valence-electron chi connectivity index (χ3n) is 2.95. The fourth-order valence-corrected chi connectivity index (χ4v) is 1.72. The first-order valence-electron chi connectivity index (χ1n) is 7.26. The van der Waals surface area contributed by atoms with Gasteiger partial charge in [-0.2, -0.15) is 0 Å². The fraction of sp³-hybridized carbons (Fsp3) is 0.500. The van der Waals surface area contributed by atoms with Crippen LogP contribution >= 0.6 is 0 Å². The van der Waals surface area contributed by atoms with Gasteiger partial charge in [-0.05, 0) is 37.5 Å². The van der Waals surface area contributed by atoms with Gasteiger partial charge in [-0.3, -0.25) is 14.9 Å². The number of amides is 2. The van der Waals surface area contributed by atoms with Crippen molar-refractivity contribution in [2.75, 3.05) is 18.4 Å². The van der Waals surface area contributed by atoms with E-state index in [-0.39, 0.29) is 18.4 Å². The minimum atomic E-state index is -0.396. The summed E-state index contributed by atoms with van der Waals surface area (Å²) in [5.74, 6) is 0.155. The highest BCUT2D eigenvalue weighted by Gasteiger charge is 2.13. The van der Waals surface area contributed by atoms with Crippen LogP contribution in [0.25, 0.3) is 0 Å². The lowest BCUT2D eigenvalue weighted by Crippen LogP contribution is -2.45. The zero-order valence-electron chi connectivity index (χ0n) is 13.2. The molecule has 116 valence electrons. The third kappa shape index (κ3) is 6.90. The van der Waals surface area contributed by atoms with E-state index in [2.05, 4.69) is 16.0 Å². The van der Waals surface area contributed by atoms with Crippen LogP contribution in [0.4, 0.5) is 5.69 Å². The molecule has 5 nitrogen and oxygen atoms in total. The Kier molecular flexibility index (Phi) is 6.88. The van der Waals surface area contributed by atoms with Crippen LogP contribution in [-0.2, 0) is 9.59 Å². The van der Waals surface area contributed by atoms with E-state index in [1.807, 2.05) is 45.0 Å². The lowest BCUT2D eigenvalue weighted by Gasteiger charge is -2.15. The standard InChI is InChI=1S/C16H25N3O2/c1-11(2)9-18-16(21)13(4)17-10-15(20)19-14-7-5-6-12(3)8-14/h5-8,11,13,17H,9-10H2,1-4H3,(H,18,21)(H,19,20). The van der Waals surface area contributed by atoms with Gasteiger partial charge in [0.2, 0.25) is 11.8 Å². The number of nitrogens with one attached hydrogen (secondary N) is 3. The number of carbonyl (C=O) groups excluding carboxylic acids is 2. The lowest BCUT2D eigenvalue weighted by molar-refractivity contribution is -0.123. The van der Waals surface area contributed by atoms with Gasteiger partial charge >= 0.3 is 0 Å². The van der Waals surface area contributed by atoms with Crippen molar-refractivity contribution in [3.63, 3.8) is 0 Å². The fourth-order valence-electron chi connectivity index (χ4n) is 1.72. The molecule has 0 bridgehead atoms. The van der Waals surface area contributed by atoms with E-state index in [0.717, 1.165) is 11.3 Å². The van der Waals surface area contributed by atoms with Gasteiger partial charge in [0.15, 0.2) is 0 Å². The van der Waals surface area contributed by atoms with Crippen molar-refractivity contribution in [1.29, 1.82) is 0 Å². The molecule has 2 amide bonds. The molecule has 0 fully saturated rings. The monoisotopic (exact) mass is 291 g/mol. The topological polar surface area (TPSA) is 70.2 Å². The zero-order chi connectivity index (χ0) is 15.8. The van der Waals surface area contributed by atoms with Crippen LogP contribution in [-0.4, -0.2) is 30.9 Å². The van der Waals surface area contributed by atoms with Gasteiger partial charge in [-0.1, -0.05) is 26.0 Å². The van der Waals surface area contributed by atoms with Crippen LogP contribution in [0.2, 0.25) is 0 Å². The molecular weight excluding hydrogens is 266 g/mol. The SMILES string of the molecule is Cc1cccc(NC(=O)CNC(C)C(=O)NCC(C)C)c1. The second-order valence-electron chi connectivity index (χ2n) is 5.66. The van der Waals surface area contributed by atoms with Gasteiger partial charge in [-0.25, -0.2) is 0 Å². The molecule has 1 aromatic carbocycles. The van der Waals surface area contributed by atoms with Crippen LogP contribution in [0, 0.1) is 12.8 Å². The Labute approximate surface area is 126 Å². The number of benzene rings is 1. The summed E-state index contributed by atoms with van der Waals surface area (Å²) < 4.78 is 0. The summed E-state index contributed by atoms with van der Waals surface area (Å²) in [7, 11) is 0. The first-order chi connectivity index (χ1) is 9.88. The van der Waals surface area contributed by atoms with Crippen molar-refractivity contribution in [3.8, 4) is 0 Å². The van der Waals surface area contributed by atoms with E-state index in [9.17, 15) is 9.59 Å². The number of hydrogen-bond acceptors (Lipinski definition) is 3. The van der Waals surface area contributed by atoms with E-state index < -0.39 is 6.04 Å². The summed E-state index contributed by atoms with van der Waals surface area (Å²) in [5.41, 5.74) is 1.85. The number of hydrogen-bond donors (Lipinski definition) is 3. The first kappa shape index (κ1) is 17.2. The normalized spacial score (nSPS) is 12.0. The Balaban J connectivity index is 2.33. The molecule has 0 aliphatic rings. The van der Waals surface area contributed by atoms with Crippen LogP contribution in [0.15, 0.2) is 24.3 Å². The number of carbonyl (C=O) groups is 2. The van der Waals surface area contributed by atoms with Crippen molar-refractivity contribution >= 4 is 17.5 Å². The Hall–Kier alpha value is -1.88. The Morgan fingerprint density at radius 2 is 1.90 bits per heavy atom. The van der Waals surface area contributed by atoms with Gasteiger partial charge in [0.05, 0.1) is 12.6 Å². The molecule has 0 aliphatic heterocycles. The number of rotatable bonds is 7. The van der Waals surface area contributed by atoms with Gasteiger partial charge < -0.3 is 10.6 Å². The first-order valence-corrected chi connectivity index (χ1v) is 7.26. The zero-order valence-corrected chi connectivity index (χ0v) is 13.2. The van der Waals surface area contributed by atoms with Gasteiger partial charge in [-0.15, -0.1) is 0 Å². The predicted molar refractivity (Wildman–Crippen MR) is 85.1 cm³/mol. The molecule has 0 spiro atoms. The molecule has 5 heteroatoms. The Morgan fingerprint density at radius 3 is 2.52 bits per heavy atom. The molecule has 0 aromatic heterocycles. The summed E-state index contributed by atoms with van der Waals surface area (Å²) >= 11 is 0. The van der Waals surface area contributed by atoms with Crippen LogP contribution in [0.5, 0.6) is 0 Å². The van der Waals surface area contributed by atoms with E-state index >= 15 is 0 Å². The minimum Gasteiger partial charge on any atom is -0.354 e. The molecule has 21 heavy (non-hydrogen) atoms. The maximum Gasteiger partial charge on any atom is 0.238 e. The lowest BCUT2D eigenvalue weighted by atomic mass is 10.2. The maximum atomic E-state index is 11.8. The highest BCUT2D eigenvalue weighted by Crippen LogP contribution is 2.08. The third-order valence-corrected chi connectivity index (χ3v) is 2.95. The summed E-state index contributed by atoms with van der Waals surface area (Å²) in [4.78, 5) is 23.6. The molecule has 1 rings (SSSR count). The van der Waals surface area contributed by atoms with Crippen molar-refractivity contribution in [3.05, 3.63) is 29.8 Å². The second-order valence-corrected chi connectivity index (χ2v) is 5.66. The predicted octanol–water partition coefficient (Wildman–Crippen LogP) is 1.68. The van der Waals surface area contributed by atoms with E-state index in [1.54, 1.807) is 6.92 Å². The van der Waals surface area contributed by atoms with Gasteiger partial charge in [0, 0.05) is 12.2 Å². The van der Waals surface area contributed by atoms with E-state index in [0.29, 0.717) is 12.5 Å². The van der Waals surface area contributed by atoms with Gasteiger partial charge in [0.1, 0.15) is 0 Å². The average molecular weight is 291 g/mol. The molecule has 1 atom stereocenters. The summed E-state index contributed by atoms with van der Waals surface area (Å²) in [6.45, 7) is 8.52. The molecule has 0 saturated heterocycles. The Bertz CT molecular complexity index is 486. The number of anilines is 1. The molecule has 0 saturated carbocycles. The molecular formula is C16H25N3O2. The molecule has 0 radical (unpaired) electrons. The molecule has 1 aromatic rings. The number of aryl methyl sites for hydroxylation is 1. The largest absolute Gasteiger partial charge is 0.354 e. The molecule has 3 N–H and O–H groups in total. The minimum absolute atomic E-state index is 0.0907. The second kappa shape index (κ2) is 8.42.